The normalized spacial score (nSPS) is 11.3. The summed E-state index contributed by atoms with van der Waals surface area (Å²) in [5, 5.41) is 0. The van der Waals surface area contributed by atoms with Crippen molar-refractivity contribution in [3.8, 4) is 0 Å². The Bertz CT molecular complexity index is 187. The molecule has 0 nitrogen and oxygen atoms in total. The molecule has 1 aromatic carbocycles. The number of rotatable bonds is 0. The first kappa shape index (κ1) is 11.4. The van der Waals surface area contributed by atoms with Crippen LogP contribution in [0.1, 0.15) is 6.42 Å². The fourth-order valence-electron chi connectivity index (χ4n) is 0.778. The summed E-state index contributed by atoms with van der Waals surface area (Å²) in [5.74, 6) is 0. The maximum Gasteiger partial charge on any atom is 0 e. The first-order chi connectivity index (χ1) is 5.50. The summed E-state index contributed by atoms with van der Waals surface area (Å²) in [4.78, 5) is 0. The van der Waals surface area contributed by atoms with Crippen LogP contribution in [0.5, 0.6) is 0 Å². The van der Waals surface area contributed by atoms with E-state index < -0.39 is 0 Å². The Morgan fingerprint density at radius 2 is 0.917 bits per heavy atom. The second-order valence-electron chi connectivity index (χ2n) is 2.25. The van der Waals surface area contributed by atoms with Gasteiger partial charge in [0.25, 0.3) is 0 Å². The molecule has 0 spiro atoms. The van der Waals surface area contributed by atoms with Crippen LogP contribution in [0, 0.1) is 0 Å². The van der Waals surface area contributed by atoms with Crippen molar-refractivity contribution in [3.05, 3.63) is 60.7 Å². The second kappa shape index (κ2) is 8.48. The van der Waals surface area contributed by atoms with E-state index in [-0.39, 0.29) is 21.1 Å². The van der Waals surface area contributed by atoms with Gasteiger partial charge in [-0.05, 0) is 6.42 Å². The summed E-state index contributed by atoms with van der Waals surface area (Å²) < 4.78 is 0. The molecule has 0 saturated heterocycles. The van der Waals surface area contributed by atoms with Gasteiger partial charge in [-0.2, -0.15) is 0 Å². The van der Waals surface area contributed by atoms with Crippen LogP contribution in [-0.2, 0) is 21.1 Å². The molecule has 0 amide bonds. The van der Waals surface area contributed by atoms with Gasteiger partial charge in [0.1, 0.15) is 0 Å². The van der Waals surface area contributed by atoms with E-state index in [0.29, 0.717) is 0 Å². The number of hydrogen-bond donors (Lipinski definition) is 0. The molecule has 0 fully saturated rings. The van der Waals surface area contributed by atoms with Gasteiger partial charge in [0.05, 0.1) is 0 Å². The van der Waals surface area contributed by atoms with Gasteiger partial charge in [-0.25, -0.2) is 0 Å². The molecule has 1 aromatic rings. The molecular formula is C11H12Mo. The van der Waals surface area contributed by atoms with Crippen molar-refractivity contribution in [3.63, 3.8) is 0 Å². The Labute approximate surface area is 88.3 Å². The molecule has 62 valence electrons. The minimum Gasteiger partial charge on any atom is -0.0808 e. The summed E-state index contributed by atoms with van der Waals surface area (Å²) in [7, 11) is 0. The van der Waals surface area contributed by atoms with Gasteiger partial charge in [0.2, 0.25) is 0 Å². The summed E-state index contributed by atoms with van der Waals surface area (Å²) in [6.45, 7) is 0. The molecule has 0 unspecified atom stereocenters. The molecule has 2 rings (SSSR count). The Balaban J connectivity index is 0.000000189. The van der Waals surface area contributed by atoms with Crippen LogP contribution in [-0.4, -0.2) is 0 Å². The molecule has 0 aromatic heterocycles. The van der Waals surface area contributed by atoms with Gasteiger partial charge in [0.15, 0.2) is 0 Å². The second-order valence-corrected chi connectivity index (χ2v) is 2.25. The smallest absolute Gasteiger partial charge is 0 e. The predicted molar refractivity (Wildman–Crippen MR) is 49.3 cm³/mol. The van der Waals surface area contributed by atoms with Crippen LogP contribution in [0.25, 0.3) is 0 Å². The molecule has 0 N–H and O–H groups in total. The van der Waals surface area contributed by atoms with E-state index in [1.54, 1.807) is 0 Å². The van der Waals surface area contributed by atoms with Crippen molar-refractivity contribution in [2.24, 2.45) is 0 Å². The molecule has 0 heterocycles. The van der Waals surface area contributed by atoms with Gasteiger partial charge in [-0.15, -0.1) is 0 Å². The quantitative estimate of drug-likeness (QED) is 0.611. The van der Waals surface area contributed by atoms with Crippen LogP contribution in [0.3, 0.4) is 0 Å². The molecule has 12 heavy (non-hydrogen) atoms. The maximum absolute atomic E-state index is 2.12. The zero-order chi connectivity index (χ0) is 7.78. The molecule has 0 radical (unpaired) electrons. The molecule has 1 aliphatic rings. The molecule has 0 atom stereocenters. The fourth-order valence-corrected chi connectivity index (χ4v) is 0.778. The average Bonchev–Trinajstić information content (AvgIpc) is 2.64. The molecule has 0 bridgehead atoms. The average molecular weight is 240 g/mol. The zero-order valence-corrected chi connectivity index (χ0v) is 8.90. The van der Waals surface area contributed by atoms with Crippen molar-refractivity contribution in [1.82, 2.24) is 0 Å². The van der Waals surface area contributed by atoms with Gasteiger partial charge >= 0.3 is 0 Å². The third-order valence-electron chi connectivity index (χ3n) is 1.32. The van der Waals surface area contributed by atoms with Crippen molar-refractivity contribution >= 4 is 0 Å². The predicted octanol–water partition coefficient (Wildman–Crippen LogP) is 3.19. The van der Waals surface area contributed by atoms with Crippen LogP contribution in [0.4, 0.5) is 0 Å². The van der Waals surface area contributed by atoms with E-state index in [9.17, 15) is 0 Å². The third-order valence-corrected chi connectivity index (χ3v) is 1.32. The Kier molecular flexibility index (Phi) is 8.05. The molecule has 1 aliphatic carbocycles. The standard InChI is InChI=1S/C6H6.C5H6.Mo/c1-2-4-6-5-3-1;1-2-4-5-3-1;/h1-6H;1-4H,5H2;. The number of hydrogen-bond acceptors (Lipinski definition) is 0. The first-order valence-corrected chi connectivity index (χ1v) is 3.82. The van der Waals surface area contributed by atoms with Crippen molar-refractivity contribution in [2.45, 2.75) is 6.42 Å². The largest absolute Gasteiger partial charge is 0.0808 e. The Morgan fingerprint density at radius 1 is 0.583 bits per heavy atom. The summed E-state index contributed by atoms with van der Waals surface area (Å²) >= 11 is 0. The Hall–Kier alpha value is -0.612. The van der Waals surface area contributed by atoms with E-state index in [0.717, 1.165) is 6.42 Å². The zero-order valence-electron chi connectivity index (χ0n) is 6.89. The maximum atomic E-state index is 2.12. The van der Waals surface area contributed by atoms with E-state index in [1.807, 2.05) is 36.4 Å². The SMILES string of the molecule is C1=CCC=C1.[Mo].c1ccccc1. The van der Waals surface area contributed by atoms with Gasteiger partial charge in [-0.1, -0.05) is 60.7 Å². The van der Waals surface area contributed by atoms with Crippen LogP contribution in [0.15, 0.2) is 60.7 Å². The molecule has 0 saturated carbocycles. The minimum absolute atomic E-state index is 0. The number of benzene rings is 1. The van der Waals surface area contributed by atoms with E-state index in [2.05, 4.69) is 24.3 Å². The van der Waals surface area contributed by atoms with Crippen molar-refractivity contribution < 1.29 is 21.1 Å². The van der Waals surface area contributed by atoms with E-state index in [4.69, 9.17) is 0 Å². The summed E-state index contributed by atoms with van der Waals surface area (Å²) in [6, 6.07) is 12.0. The summed E-state index contributed by atoms with van der Waals surface area (Å²) in [6.07, 6.45) is 9.50. The first-order valence-electron chi connectivity index (χ1n) is 3.82. The van der Waals surface area contributed by atoms with Gasteiger partial charge < -0.3 is 0 Å². The molecule has 1 heteroatoms. The van der Waals surface area contributed by atoms with Crippen LogP contribution in [0.2, 0.25) is 0 Å². The monoisotopic (exact) mass is 242 g/mol. The van der Waals surface area contributed by atoms with Crippen LogP contribution >= 0.6 is 0 Å². The number of allylic oxidation sites excluding steroid dienone is 4. The van der Waals surface area contributed by atoms with Crippen molar-refractivity contribution in [1.29, 1.82) is 0 Å². The summed E-state index contributed by atoms with van der Waals surface area (Å²) in [5.41, 5.74) is 0. The third kappa shape index (κ3) is 6.12. The molecule has 0 aliphatic heterocycles. The minimum atomic E-state index is 0. The topological polar surface area (TPSA) is 0 Å². The van der Waals surface area contributed by atoms with E-state index in [1.165, 1.54) is 0 Å². The van der Waals surface area contributed by atoms with Crippen LogP contribution < -0.4 is 0 Å². The molecular weight excluding hydrogens is 228 g/mol. The Morgan fingerprint density at radius 3 is 1.08 bits per heavy atom. The van der Waals surface area contributed by atoms with E-state index >= 15 is 0 Å². The van der Waals surface area contributed by atoms with Gasteiger partial charge in [0, 0.05) is 21.1 Å². The van der Waals surface area contributed by atoms with Crippen molar-refractivity contribution in [2.75, 3.05) is 0 Å². The van der Waals surface area contributed by atoms with Gasteiger partial charge in [-0.3, -0.25) is 0 Å². The fraction of sp³-hybridized carbons (Fsp3) is 0.0909.